The van der Waals surface area contributed by atoms with Crippen LogP contribution in [0.15, 0.2) is 42.9 Å². The van der Waals surface area contributed by atoms with Gasteiger partial charge >= 0.3 is 0 Å². The Balaban J connectivity index is 0.871. The highest BCUT2D eigenvalue weighted by Gasteiger charge is 2.44. The molecule has 0 radical (unpaired) electrons. The van der Waals surface area contributed by atoms with Crippen molar-refractivity contribution in [2.45, 2.75) is 50.6 Å². The predicted octanol–water partition coefficient (Wildman–Crippen LogP) is 2.34. The smallest absolute Gasteiger partial charge is 0.262 e. The molecule has 45 heavy (non-hydrogen) atoms. The third-order valence-electron chi connectivity index (χ3n) is 9.47. The number of nitrogens with zero attached hydrogens (tertiary/aromatic N) is 7. The molecule has 1 atom stereocenters. The molecular formula is C32H37N9O4. The zero-order valence-corrected chi connectivity index (χ0v) is 25.3. The van der Waals surface area contributed by atoms with Crippen molar-refractivity contribution in [1.82, 2.24) is 34.9 Å². The summed E-state index contributed by atoms with van der Waals surface area (Å²) in [5.74, 6) is 0.318. The van der Waals surface area contributed by atoms with Crippen LogP contribution in [0.4, 0.5) is 11.5 Å². The Labute approximate surface area is 261 Å². The van der Waals surface area contributed by atoms with Crippen LogP contribution in [-0.4, -0.2) is 99.0 Å². The van der Waals surface area contributed by atoms with E-state index in [4.69, 9.17) is 4.98 Å². The summed E-state index contributed by atoms with van der Waals surface area (Å²) in [5, 5.41) is 10.2. The van der Waals surface area contributed by atoms with E-state index in [-0.39, 0.29) is 29.9 Å². The monoisotopic (exact) mass is 611 g/mol. The van der Waals surface area contributed by atoms with Crippen molar-refractivity contribution in [3.63, 3.8) is 0 Å². The van der Waals surface area contributed by atoms with Gasteiger partial charge in [0, 0.05) is 57.2 Å². The third kappa shape index (κ3) is 5.79. The van der Waals surface area contributed by atoms with Crippen LogP contribution in [-0.2, 0) is 9.59 Å². The van der Waals surface area contributed by atoms with Crippen molar-refractivity contribution >= 4 is 35.1 Å². The lowest BCUT2D eigenvalue weighted by atomic mass is 9.77. The maximum atomic E-state index is 13.1. The number of piperazine rings is 1. The first-order valence-electron chi connectivity index (χ1n) is 15.7. The van der Waals surface area contributed by atoms with Crippen LogP contribution in [0.25, 0.3) is 11.4 Å². The molecule has 4 amide bonds. The number of rotatable bonds is 9. The van der Waals surface area contributed by atoms with E-state index in [9.17, 15) is 19.2 Å². The topological polar surface area (TPSA) is 146 Å². The lowest BCUT2D eigenvalue weighted by Gasteiger charge is -2.35. The summed E-state index contributed by atoms with van der Waals surface area (Å²) in [7, 11) is 2.14. The number of carbonyl (C=O) groups excluding carboxylic acids is 4. The largest absolute Gasteiger partial charge is 0.385 e. The molecule has 13 nitrogen and oxygen atoms in total. The van der Waals surface area contributed by atoms with Crippen molar-refractivity contribution in [1.29, 1.82) is 0 Å². The Hall–Kier alpha value is -4.65. The van der Waals surface area contributed by atoms with Crippen molar-refractivity contribution in [3.8, 4) is 11.4 Å². The van der Waals surface area contributed by atoms with E-state index in [1.54, 1.807) is 18.2 Å². The lowest BCUT2D eigenvalue weighted by molar-refractivity contribution is -0.136. The van der Waals surface area contributed by atoms with Crippen LogP contribution in [0.3, 0.4) is 0 Å². The second-order valence-corrected chi connectivity index (χ2v) is 12.5. The van der Waals surface area contributed by atoms with Crippen LogP contribution in [0, 0.1) is 5.92 Å². The first kappa shape index (κ1) is 29.1. The Bertz CT molecular complexity index is 1640. The van der Waals surface area contributed by atoms with Crippen LogP contribution < -0.4 is 15.5 Å². The summed E-state index contributed by atoms with van der Waals surface area (Å²) in [4.78, 5) is 64.7. The molecule has 2 saturated heterocycles. The number of imide groups is 2. The van der Waals surface area contributed by atoms with Gasteiger partial charge in [0.1, 0.15) is 11.9 Å². The van der Waals surface area contributed by atoms with Gasteiger partial charge in [-0.2, -0.15) is 5.10 Å². The van der Waals surface area contributed by atoms with E-state index in [0.29, 0.717) is 17.8 Å². The average Bonchev–Trinajstić information content (AvgIpc) is 3.59. The number of hydrogen-bond acceptors (Lipinski definition) is 10. The van der Waals surface area contributed by atoms with Gasteiger partial charge in [0.15, 0.2) is 5.82 Å². The average molecular weight is 612 g/mol. The van der Waals surface area contributed by atoms with Crippen molar-refractivity contribution in [2.24, 2.45) is 5.92 Å². The molecule has 5 heterocycles. The van der Waals surface area contributed by atoms with Crippen LogP contribution in [0.2, 0.25) is 0 Å². The highest BCUT2D eigenvalue weighted by Crippen LogP contribution is 2.40. The fourth-order valence-electron chi connectivity index (χ4n) is 6.71. The SMILES string of the molecule is CN1CCN(c2ccnc(-c3cnn(C4CC(CCCNc5ccc6c(c5)C(=O)N(C5CCC(=O)NC5=O)C6=O)C4)c3)n2)CC1. The van der Waals surface area contributed by atoms with Gasteiger partial charge in [-0.25, -0.2) is 9.97 Å². The molecule has 0 bridgehead atoms. The van der Waals surface area contributed by atoms with E-state index in [1.807, 2.05) is 18.5 Å². The minimum Gasteiger partial charge on any atom is -0.385 e. The minimum atomic E-state index is -0.960. The summed E-state index contributed by atoms with van der Waals surface area (Å²) in [6.45, 7) is 4.72. The summed E-state index contributed by atoms with van der Waals surface area (Å²) in [5.41, 5.74) is 2.27. The van der Waals surface area contributed by atoms with Gasteiger partial charge in [0.2, 0.25) is 11.8 Å². The van der Waals surface area contributed by atoms with E-state index in [0.717, 1.165) is 80.4 Å². The summed E-state index contributed by atoms with van der Waals surface area (Å²) in [6.07, 6.45) is 10.2. The summed E-state index contributed by atoms with van der Waals surface area (Å²) < 4.78 is 2.05. The number of amides is 4. The molecule has 4 aliphatic rings. The number of benzene rings is 1. The first-order valence-corrected chi connectivity index (χ1v) is 15.7. The normalized spacial score (nSPS) is 23.6. The molecule has 3 fully saturated rings. The second-order valence-electron chi connectivity index (χ2n) is 12.5. The fourth-order valence-corrected chi connectivity index (χ4v) is 6.71. The van der Waals surface area contributed by atoms with Gasteiger partial charge < -0.3 is 15.1 Å². The summed E-state index contributed by atoms with van der Waals surface area (Å²) >= 11 is 0. The highest BCUT2D eigenvalue weighted by atomic mass is 16.2. The molecule has 7 rings (SSSR count). The quantitative estimate of drug-likeness (QED) is 0.273. The number of anilines is 2. The van der Waals surface area contributed by atoms with Gasteiger partial charge in [-0.05, 0) is 69.3 Å². The molecule has 234 valence electrons. The van der Waals surface area contributed by atoms with Gasteiger partial charge in [0.05, 0.1) is 28.9 Å². The van der Waals surface area contributed by atoms with E-state index >= 15 is 0 Å². The molecule has 1 aliphatic carbocycles. The number of nitrogens with one attached hydrogen (secondary N) is 2. The number of aromatic nitrogens is 4. The molecule has 1 unspecified atom stereocenters. The Kier molecular flexibility index (Phi) is 7.78. The van der Waals surface area contributed by atoms with Crippen molar-refractivity contribution in [3.05, 3.63) is 54.0 Å². The third-order valence-corrected chi connectivity index (χ3v) is 9.47. The van der Waals surface area contributed by atoms with Crippen LogP contribution in [0.1, 0.15) is 65.3 Å². The van der Waals surface area contributed by atoms with Crippen molar-refractivity contribution < 1.29 is 19.2 Å². The minimum absolute atomic E-state index is 0.0994. The van der Waals surface area contributed by atoms with E-state index in [1.165, 1.54) is 0 Å². The molecule has 1 aromatic carbocycles. The molecule has 13 heteroatoms. The molecule has 0 spiro atoms. The van der Waals surface area contributed by atoms with Gasteiger partial charge in [-0.15, -0.1) is 0 Å². The summed E-state index contributed by atoms with van der Waals surface area (Å²) in [6, 6.07) is 6.50. The van der Waals surface area contributed by atoms with Gasteiger partial charge in [-0.3, -0.25) is 34.1 Å². The Morgan fingerprint density at radius 2 is 1.80 bits per heavy atom. The number of likely N-dealkylation sites (N-methyl/N-ethyl adjacent to an activating group) is 1. The number of piperidine rings is 1. The van der Waals surface area contributed by atoms with Crippen LogP contribution >= 0.6 is 0 Å². The Morgan fingerprint density at radius 3 is 2.60 bits per heavy atom. The molecule has 1 saturated carbocycles. The zero-order valence-electron chi connectivity index (χ0n) is 25.3. The predicted molar refractivity (Wildman–Crippen MR) is 166 cm³/mol. The van der Waals surface area contributed by atoms with Crippen LogP contribution in [0.5, 0.6) is 0 Å². The second kappa shape index (κ2) is 12.0. The number of fused-ring (bicyclic) bond motifs is 1. The molecule has 3 aliphatic heterocycles. The Morgan fingerprint density at radius 1 is 1.00 bits per heavy atom. The van der Waals surface area contributed by atoms with E-state index in [2.05, 4.69) is 48.4 Å². The standard InChI is InChI=1S/C32H37N9O4/c1-38-11-13-39(14-12-38)27-8-10-34-29(36-27)21-18-35-40(19-21)23-15-20(16-23)3-2-9-33-22-4-5-24-25(17-22)32(45)41(31(24)44)26-6-7-28(42)37-30(26)43/h4-5,8,10,17-20,23,26,33H,2-3,6-7,9,11-16H2,1H3,(H,37,42,43). The number of carbonyl (C=O) groups is 4. The maximum absolute atomic E-state index is 13.1. The molecule has 2 N–H and O–H groups in total. The molecule has 3 aromatic rings. The molecular weight excluding hydrogens is 574 g/mol. The van der Waals surface area contributed by atoms with Gasteiger partial charge in [0.25, 0.3) is 11.8 Å². The fraction of sp³-hybridized carbons (Fsp3) is 0.469. The zero-order chi connectivity index (χ0) is 31.1. The first-order chi connectivity index (χ1) is 21.8. The van der Waals surface area contributed by atoms with Crippen molar-refractivity contribution in [2.75, 3.05) is 50.0 Å². The maximum Gasteiger partial charge on any atom is 0.262 e. The number of hydrogen-bond donors (Lipinski definition) is 2. The molecule has 2 aromatic heterocycles. The van der Waals surface area contributed by atoms with Gasteiger partial charge in [-0.1, -0.05) is 0 Å². The lowest BCUT2D eigenvalue weighted by Crippen LogP contribution is -2.54. The highest BCUT2D eigenvalue weighted by molar-refractivity contribution is 6.23. The van der Waals surface area contributed by atoms with E-state index < -0.39 is 23.8 Å².